The van der Waals surface area contributed by atoms with Crippen LogP contribution in [-0.4, -0.2) is 50.0 Å². The van der Waals surface area contributed by atoms with Crippen molar-refractivity contribution in [2.75, 3.05) is 30.7 Å². The number of thioether (sulfide) groups is 1. The maximum absolute atomic E-state index is 13.4. The summed E-state index contributed by atoms with van der Waals surface area (Å²) >= 11 is 14.0. The lowest BCUT2D eigenvalue weighted by Gasteiger charge is -2.33. The summed E-state index contributed by atoms with van der Waals surface area (Å²) < 4.78 is 28.2. The van der Waals surface area contributed by atoms with Gasteiger partial charge in [0.2, 0.25) is 0 Å². The lowest BCUT2D eigenvalue weighted by molar-refractivity contribution is -0.0348. The Morgan fingerprint density at radius 1 is 1.24 bits per heavy atom. The van der Waals surface area contributed by atoms with Gasteiger partial charge < -0.3 is 10.0 Å². The summed E-state index contributed by atoms with van der Waals surface area (Å²) in [6.45, 7) is 1.96. The van der Waals surface area contributed by atoms with Gasteiger partial charge >= 0.3 is 0 Å². The molecule has 0 aromatic heterocycles. The van der Waals surface area contributed by atoms with E-state index in [4.69, 9.17) is 23.2 Å². The van der Waals surface area contributed by atoms with Crippen molar-refractivity contribution < 1.29 is 13.5 Å². The lowest BCUT2D eigenvalue weighted by atomic mass is 10.0. The Labute approximate surface area is 185 Å². The predicted octanol–water partition coefficient (Wildman–Crippen LogP) is 4.02. The van der Waals surface area contributed by atoms with Gasteiger partial charge in [0, 0.05) is 26.2 Å². The molecule has 1 N–H and O–H groups in total. The molecule has 0 spiro atoms. The Hall–Kier alpha value is -1.45. The SMILES string of the molecule is CCN(c1ccccc1)S(=O)(=O)c1cc(C2(O)CSC(=NC)N2C)c(Cl)cc1Cl. The number of aliphatic imine (C=N–C) groups is 1. The Kier molecular flexibility index (Phi) is 6.41. The molecule has 3 rings (SSSR count). The summed E-state index contributed by atoms with van der Waals surface area (Å²) in [5.41, 5.74) is -0.718. The number of anilines is 1. The van der Waals surface area contributed by atoms with Gasteiger partial charge in [-0.25, -0.2) is 8.42 Å². The number of hydrogen-bond acceptors (Lipinski definition) is 5. The molecule has 1 atom stereocenters. The van der Waals surface area contributed by atoms with Crippen LogP contribution in [0.2, 0.25) is 10.0 Å². The highest BCUT2D eigenvalue weighted by molar-refractivity contribution is 8.14. The number of rotatable bonds is 5. The summed E-state index contributed by atoms with van der Waals surface area (Å²) in [5.74, 6) is 0.257. The van der Waals surface area contributed by atoms with Crippen LogP contribution in [0.1, 0.15) is 12.5 Å². The standard InChI is InChI=1S/C19H21Cl2N3O3S2/c1-4-24(13-8-6-5-7-9-13)29(26,27)17-10-14(15(20)11-16(17)21)19(25)12-28-18(22-2)23(19)3/h5-11,25H,4,12H2,1-3H3. The zero-order chi connectivity index (χ0) is 21.4. The molecule has 1 fully saturated rings. The minimum absolute atomic E-state index is 0.00517. The highest BCUT2D eigenvalue weighted by Gasteiger charge is 2.44. The molecule has 0 bridgehead atoms. The first-order valence-corrected chi connectivity index (χ1v) is 12.0. The third-order valence-corrected chi connectivity index (χ3v) is 8.73. The van der Waals surface area contributed by atoms with E-state index in [9.17, 15) is 13.5 Å². The monoisotopic (exact) mass is 473 g/mol. The van der Waals surface area contributed by atoms with Crippen molar-refractivity contribution in [1.82, 2.24) is 4.90 Å². The van der Waals surface area contributed by atoms with Gasteiger partial charge in [-0.15, -0.1) is 0 Å². The number of sulfonamides is 1. The van der Waals surface area contributed by atoms with E-state index in [2.05, 4.69) is 4.99 Å². The van der Waals surface area contributed by atoms with Crippen molar-refractivity contribution in [2.24, 2.45) is 4.99 Å². The molecule has 156 valence electrons. The first-order valence-electron chi connectivity index (χ1n) is 8.80. The highest BCUT2D eigenvalue weighted by Crippen LogP contribution is 2.43. The normalized spacial score (nSPS) is 21.0. The molecule has 0 radical (unpaired) electrons. The van der Waals surface area contributed by atoms with Crippen molar-refractivity contribution in [1.29, 1.82) is 0 Å². The second-order valence-electron chi connectivity index (χ2n) is 6.44. The van der Waals surface area contributed by atoms with E-state index >= 15 is 0 Å². The molecule has 1 unspecified atom stereocenters. The summed E-state index contributed by atoms with van der Waals surface area (Å²) in [6.07, 6.45) is 0. The molecule has 0 amide bonds. The second-order valence-corrected chi connectivity index (χ2v) is 10.0. The fourth-order valence-corrected chi connectivity index (χ4v) is 6.76. The fraction of sp³-hybridized carbons (Fsp3) is 0.316. The number of amidine groups is 1. The van der Waals surface area contributed by atoms with Crippen LogP contribution in [0, 0.1) is 0 Å². The Morgan fingerprint density at radius 3 is 2.45 bits per heavy atom. The molecule has 1 aliphatic heterocycles. The van der Waals surface area contributed by atoms with Crippen LogP contribution in [0.15, 0.2) is 52.4 Å². The van der Waals surface area contributed by atoms with Crippen LogP contribution < -0.4 is 4.31 Å². The van der Waals surface area contributed by atoms with E-state index in [-0.39, 0.29) is 32.8 Å². The molecular weight excluding hydrogens is 453 g/mol. The molecular formula is C19H21Cl2N3O3S2. The zero-order valence-electron chi connectivity index (χ0n) is 16.1. The third kappa shape index (κ3) is 3.84. The first-order chi connectivity index (χ1) is 13.7. The average Bonchev–Trinajstić information content (AvgIpc) is 2.97. The van der Waals surface area contributed by atoms with Crippen LogP contribution in [0.3, 0.4) is 0 Å². The molecule has 1 aliphatic rings. The van der Waals surface area contributed by atoms with E-state index in [0.29, 0.717) is 10.9 Å². The Morgan fingerprint density at radius 2 is 1.90 bits per heavy atom. The largest absolute Gasteiger partial charge is 0.366 e. The predicted molar refractivity (Wildman–Crippen MR) is 121 cm³/mol. The molecule has 6 nitrogen and oxygen atoms in total. The minimum atomic E-state index is -3.99. The molecule has 1 saturated heterocycles. The van der Waals surface area contributed by atoms with Crippen LogP contribution in [0.5, 0.6) is 0 Å². The molecule has 10 heteroatoms. The molecule has 2 aromatic carbocycles. The van der Waals surface area contributed by atoms with Crippen molar-refractivity contribution in [3.8, 4) is 0 Å². The van der Waals surface area contributed by atoms with E-state index in [0.717, 1.165) is 0 Å². The quantitative estimate of drug-likeness (QED) is 0.709. The van der Waals surface area contributed by atoms with Gasteiger partial charge in [0.15, 0.2) is 10.9 Å². The highest BCUT2D eigenvalue weighted by atomic mass is 35.5. The maximum atomic E-state index is 13.4. The van der Waals surface area contributed by atoms with Gasteiger partial charge in [-0.3, -0.25) is 9.30 Å². The topological polar surface area (TPSA) is 73.2 Å². The molecule has 0 aliphatic carbocycles. The van der Waals surface area contributed by atoms with Crippen molar-refractivity contribution in [2.45, 2.75) is 17.5 Å². The van der Waals surface area contributed by atoms with Crippen LogP contribution in [0.4, 0.5) is 5.69 Å². The van der Waals surface area contributed by atoms with Gasteiger partial charge in [-0.1, -0.05) is 53.2 Å². The summed E-state index contributed by atoms with van der Waals surface area (Å²) in [4.78, 5) is 5.61. The van der Waals surface area contributed by atoms with Crippen LogP contribution in [0.25, 0.3) is 0 Å². The van der Waals surface area contributed by atoms with Gasteiger partial charge in [0.05, 0.1) is 21.5 Å². The molecule has 0 saturated carbocycles. The number of halogens is 2. The average molecular weight is 474 g/mol. The Bertz CT molecular complexity index is 1050. The van der Waals surface area contributed by atoms with Gasteiger partial charge in [-0.05, 0) is 31.2 Å². The number of nitrogens with zero attached hydrogens (tertiary/aromatic N) is 3. The van der Waals surface area contributed by atoms with Crippen molar-refractivity contribution in [3.05, 3.63) is 58.1 Å². The minimum Gasteiger partial charge on any atom is -0.366 e. The lowest BCUT2D eigenvalue weighted by Crippen LogP contribution is -2.42. The van der Waals surface area contributed by atoms with E-state index in [1.54, 1.807) is 50.2 Å². The molecule has 29 heavy (non-hydrogen) atoms. The number of benzene rings is 2. The Balaban J connectivity index is 2.15. The second kappa shape index (κ2) is 8.35. The van der Waals surface area contributed by atoms with Gasteiger partial charge in [0.1, 0.15) is 4.90 Å². The smallest absolute Gasteiger partial charge is 0.265 e. The summed E-state index contributed by atoms with van der Waals surface area (Å²) in [5, 5.41) is 12.1. The fourth-order valence-electron chi connectivity index (χ4n) is 3.23. The van der Waals surface area contributed by atoms with E-state index in [1.807, 2.05) is 6.07 Å². The number of aliphatic hydroxyl groups is 1. The first kappa shape index (κ1) is 22.2. The number of hydrogen-bond donors (Lipinski definition) is 1. The van der Waals surface area contributed by atoms with Crippen LogP contribution in [-0.2, 0) is 15.7 Å². The van der Waals surface area contributed by atoms with Crippen molar-refractivity contribution in [3.63, 3.8) is 0 Å². The van der Waals surface area contributed by atoms with Crippen LogP contribution >= 0.6 is 35.0 Å². The van der Waals surface area contributed by atoms with E-state index in [1.165, 1.54) is 28.2 Å². The summed E-state index contributed by atoms with van der Waals surface area (Å²) in [6, 6.07) is 11.5. The molecule has 1 heterocycles. The zero-order valence-corrected chi connectivity index (χ0v) is 19.3. The van der Waals surface area contributed by atoms with E-state index < -0.39 is 15.7 Å². The summed E-state index contributed by atoms with van der Waals surface area (Å²) in [7, 11) is -0.679. The maximum Gasteiger partial charge on any atom is 0.265 e. The number of para-hydroxylation sites is 1. The van der Waals surface area contributed by atoms with Gasteiger partial charge in [0.25, 0.3) is 10.0 Å². The van der Waals surface area contributed by atoms with Crippen molar-refractivity contribution >= 4 is 55.8 Å². The molecule has 2 aromatic rings. The van der Waals surface area contributed by atoms with Gasteiger partial charge in [-0.2, -0.15) is 0 Å². The third-order valence-electron chi connectivity index (χ3n) is 4.79.